The average Bonchev–Trinajstić information content (AvgIpc) is 2.46. The summed E-state index contributed by atoms with van der Waals surface area (Å²) < 4.78 is 0. The van der Waals surface area contributed by atoms with E-state index in [1.807, 2.05) is 19.1 Å². The molecule has 1 unspecified atom stereocenters. The largest absolute Gasteiger partial charge is 0.324 e. The SMILES string of the molecule is CC(N)c1ccc(SCc2ccc([N+](=O)[O-])cc2)cc1. The molecule has 104 valence electrons. The van der Waals surface area contributed by atoms with Crippen LogP contribution in [0.25, 0.3) is 0 Å². The number of nitrogens with zero attached hydrogens (tertiary/aromatic N) is 1. The lowest BCUT2D eigenvalue weighted by Crippen LogP contribution is -2.04. The van der Waals surface area contributed by atoms with Crippen LogP contribution in [0.3, 0.4) is 0 Å². The molecule has 0 aliphatic rings. The summed E-state index contributed by atoms with van der Waals surface area (Å²) in [7, 11) is 0. The maximum absolute atomic E-state index is 10.6. The molecule has 2 aromatic rings. The van der Waals surface area contributed by atoms with Crippen LogP contribution in [0, 0.1) is 10.1 Å². The quantitative estimate of drug-likeness (QED) is 0.514. The lowest BCUT2D eigenvalue weighted by molar-refractivity contribution is -0.384. The summed E-state index contributed by atoms with van der Waals surface area (Å²) in [6.07, 6.45) is 0. The Labute approximate surface area is 122 Å². The van der Waals surface area contributed by atoms with Crippen LogP contribution in [0.15, 0.2) is 53.4 Å². The van der Waals surface area contributed by atoms with Crippen LogP contribution in [0.2, 0.25) is 0 Å². The van der Waals surface area contributed by atoms with Gasteiger partial charge in [0.15, 0.2) is 0 Å². The van der Waals surface area contributed by atoms with Crippen LogP contribution in [0.1, 0.15) is 24.1 Å². The maximum Gasteiger partial charge on any atom is 0.269 e. The van der Waals surface area contributed by atoms with Crippen LogP contribution >= 0.6 is 11.8 Å². The molecule has 0 aliphatic carbocycles. The van der Waals surface area contributed by atoms with E-state index in [1.54, 1.807) is 23.9 Å². The van der Waals surface area contributed by atoms with E-state index >= 15 is 0 Å². The summed E-state index contributed by atoms with van der Waals surface area (Å²) in [6.45, 7) is 1.96. The van der Waals surface area contributed by atoms with Crippen molar-refractivity contribution in [3.8, 4) is 0 Å². The Morgan fingerprint density at radius 1 is 1.15 bits per heavy atom. The highest BCUT2D eigenvalue weighted by Gasteiger charge is 2.04. The van der Waals surface area contributed by atoms with Crippen molar-refractivity contribution in [2.45, 2.75) is 23.6 Å². The van der Waals surface area contributed by atoms with E-state index in [1.165, 1.54) is 12.1 Å². The third-order valence-corrected chi connectivity index (χ3v) is 4.04. The molecule has 4 nitrogen and oxygen atoms in total. The summed E-state index contributed by atoms with van der Waals surface area (Å²) in [5.74, 6) is 0.787. The summed E-state index contributed by atoms with van der Waals surface area (Å²) in [5, 5.41) is 10.6. The normalized spacial score (nSPS) is 12.1. The van der Waals surface area contributed by atoms with Gasteiger partial charge in [0.05, 0.1) is 4.92 Å². The van der Waals surface area contributed by atoms with Crippen molar-refractivity contribution < 1.29 is 4.92 Å². The standard InChI is InChI=1S/C15H16N2O2S/c1-11(16)13-4-8-15(9-5-13)20-10-12-2-6-14(7-3-12)17(18)19/h2-9,11H,10,16H2,1H3. The molecule has 2 N–H and O–H groups in total. The fraction of sp³-hybridized carbons (Fsp3) is 0.200. The van der Waals surface area contributed by atoms with Gasteiger partial charge >= 0.3 is 0 Å². The van der Waals surface area contributed by atoms with Gasteiger partial charge in [-0.3, -0.25) is 10.1 Å². The van der Waals surface area contributed by atoms with Crippen molar-refractivity contribution in [2.24, 2.45) is 5.73 Å². The van der Waals surface area contributed by atoms with Crippen LogP contribution in [-0.4, -0.2) is 4.92 Å². The Hall–Kier alpha value is -1.85. The Morgan fingerprint density at radius 3 is 2.25 bits per heavy atom. The molecule has 0 aliphatic heterocycles. The van der Waals surface area contributed by atoms with E-state index in [0.717, 1.165) is 21.8 Å². The molecular weight excluding hydrogens is 272 g/mol. The van der Waals surface area contributed by atoms with Gasteiger partial charge in [-0.1, -0.05) is 24.3 Å². The number of rotatable bonds is 5. The lowest BCUT2D eigenvalue weighted by Gasteiger charge is -2.07. The van der Waals surface area contributed by atoms with Crippen LogP contribution in [-0.2, 0) is 5.75 Å². The van der Waals surface area contributed by atoms with E-state index in [4.69, 9.17) is 5.73 Å². The molecule has 0 saturated carbocycles. The van der Waals surface area contributed by atoms with Gasteiger partial charge in [0, 0.05) is 28.8 Å². The molecule has 0 amide bonds. The molecule has 0 aromatic heterocycles. The van der Waals surface area contributed by atoms with Gasteiger partial charge in [0.25, 0.3) is 5.69 Å². The summed E-state index contributed by atoms with van der Waals surface area (Å²) in [4.78, 5) is 11.3. The maximum atomic E-state index is 10.6. The van der Waals surface area contributed by atoms with Gasteiger partial charge in [-0.25, -0.2) is 0 Å². The van der Waals surface area contributed by atoms with Gasteiger partial charge in [0.1, 0.15) is 0 Å². The molecule has 0 bridgehead atoms. The van der Waals surface area contributed by atoms with Gasteiger partial charge in [0.2, 0.25) is 0 Å². The molecular formula is C15H16N2O2S. The molecule has 5 heteroatoms. The highest BCUT2D eigenvalue weighted by Crippen LogP contribution is 2.25. The van der Waals surface area contributed by atoms with E-state index < -0.39 is 0 Å². The molecule has 20 heavy (non-hydrogen) atoms. The first kappa shape index (κ1) is 14.6. The third kappa shape index (κ3) is 3.82. The molecule has 0 spiro atoms. The van der Waals surface area contributed by atoms with Crippen molar-refractivity contribution in [1.29, 1.82) is 0 Å². The lowest BCUT2D eigenvalue weighted by atomic mass is 10.1. The number of non-ortho nitro benzene ring substituents is 1. The zero-order valence-corrected chi connectivity index (χ0v) is 12.0. The van der Waals surface area contributed by atoms with E-state index in [9.17, 15) is 10.1 Å². The van der Waals surface area contributed by atoms with Crippen molar-refractivity contribution in [2.75, 3.05) is 0 Å². The molecule has 1 atom stereocenters. The number of nitro groups is 1. The predicted molar refractivity (Wildman–Crippen MR) is 81.7 cm³/mol. The highest BCUT2D eigenvalue weighted by atomic mass is 32.2. The molecule has 0 saturated heterocycles. The Morgan fingerprint density at radius 2 is 1.75 bits per heavy atom. The number of nitrogens with two attached hydrogens (primary N) is 1. The van der Waals surface area contributed by atoms with E-state index in [0.29, 0.717) is 0 Å². The number of hydrogen-bond donors (Lipinski definition) is 1. The second-order valence-electron chi connectivity index (χ2n) is 4.57. The zero-order chi connectivity index (χ0) is 14.5. The molecule has 0 heterocycles. The monoisotopic (exact) mass is 288 g/mol. The van der Waals surface area contributed by atoms with Crippen LogP contribution < -0.4 is 5.73 Å². The number of nitro benzene ring substituents is 1. The summed E-state index contributed by atoms with van der Waals surface area (Å²) in [6, 6.07) is 14.9. The van der Waals surface area contributed by atoms with Gasteiger partial charge in [-0.15, -0.1) is 11.8 Å². The Bertz CT molecular complexity index is 580. The fourth-order valence-corrected chi connectivity index (χ4v) is 2.60. The molecule has 0 radical (unpaired) electrons. The molecule has 2 aromatic carbocycles. The van der Waals surface area contributed by atoms with Gasteiger partial charge < -0.3 is 5.73 Å². The first-order valence-corrected chi connectivity index (χ1v) is 7.26. The first-order chi connectivity index (χ1) is 9.56. The van der Waals surface area contributed by atoms with Crippen LogP contribution in [0.4, 0.5) is 5.69 Å². The smallest absolute Gasteiger partial charge is 0.269 e. The molecule has 0 fully saturated rings. The van der Waals surface area contributed by atoms with Crippen LogP contribution in [0.5, 0.6) is 0 Å². The second-order valence-corrected chi connectivity index (χ2v) is 5.62. The average molecular weight is 288 g/mol. The van der Waals surface area contributed by atoms with Crippen molar-refractivity contribution in [3.63, 3.8) is 0 Å². The van der Waals surface area contributed by atoms with Gasteiger partial charge in [-0.2, -0.15) is 0 Å². The highest BCUT2D eigenvalue weighted by molar-refractivity contribution is 7.98. The molecule has 2 rings (SSSR count). The number of hydrogen-bond acceptors (Lipinski definition) is 4. The minimum atomic E-state index is -0.385. The topological polar surface area (TPSA) is 69.2 Å². The minimum absolute atomic E-state index is 0.0451. The first-order valence-electron chi connectivity index (χ1n) is 6.28. The fourth-order valence-electron chi connectivity index (χ4n) is 1.75. The zero-order valence-electron chi connectivity index (χ0n) is 11.2. The predicted octanol–water partition coefficient (Wildman–Crippen LogP) is 3.91. The van der Waals surface area contributed by atoms with Crippen molar-refractivity contribution in [3.05, 3.63) is 69.8 Å². The summed E-state index contributed by atoms with van der Waals surface area (Å²) in [5.41, 5.74) is 8.11. The number of thioether (sulfide) groups is 1. The Balaban J connectivity index is 1.96. The van der Waals surface area contributed by atoms with Gasteiger partial charge in [-0.05, 0) is 30.2 Å². The number of benzene rings is 2. The summed E-state index contributed by atoms with van der Waals surface area (Å²) >= 11 is 1.70. The van der Waals surface area contributed by atoms with Crippen molar-refractivity contribution in [1.82, 2.24) is 0 Å². The second kappa shape index (κ2) is 6.54. The van der Waals surface area contributed by atoms with E-state index in [2.05, 4.69) is 12.1 Å². The third-order valence-electron chi connectivity index (χ3n) is 2.96. The Kier molecular flexibility index (Phi) is 4.76. The van der Waals surface area contributed by atoms with E-state index in [-0.39, 0.29) is 16.7 Å². The minimum Gasteiger partial charge on any atom is -0.324 e. The van der Waals surface area contributed by atoms with Crippen molar-refractivity contribution >= 4 is 17.4 Å².